The molecule has 1 saturated heterocycles. The van der Waals surface area contributed by atoms with Gasteiger partial charge < -0.3 is 4.90 Å². The van der Waals surface area contributed by atoms with E-state index in [1.54, 1.807) is 12.1 Å². The number of rotatable bonds is 7. The van der Waals surface area contributed by atoms with E-state index in [1.165, 1.54) is 11.8 Å². The number of hydrogen-bond donors (Lipinski definition) is 1. The average molecular weight is 505 g/mol. The minimum atomic E-state index is -3.91. The molecule has 188 valence electrons. The van der Waals surface area contributed by atoms with Gasteiger partial charge in [0.05, 0.1) is 23.8 Å². The molecular weight excluding hydrogens is 474 g/mol. The summed E-state index contributed by atoms with van der Waals surface area (Å²) in [5.74, 6) is -2.90. The first-order chi connectivity index (χ1) is 16.4. The van der Waals surface area contributed by atoms with Crippen LogP contribution >= 0.6 is 0 Å². The van der Waals surface area contributed by atoms with E-state index >= 15 is 8.78 Å². The number of aromatic nitrogens is 2. The Labute approximate surface area is 204 Å². The lowest BCUT2D eigenvalue weighted by Crippen LogP contribution is -2.62. The molecule has 2 heterocycles. The van der Waals surface area contributed by atoms with Gasteiger partial charge in [0.2, 0.25) is 15.9 Å². The summed E-state index contributed by atoms with van der Waals surface area (Å²) in [4.78, 5) is 23.6. The SMILES string of the molecule is CCS(=O)(=O)N[C@@H]1[C@H](Cc2cccc(-c3nc(C)cc(C)n3)c2)N(C(=O)C23CC(C2)C3)CC1(F)F. The van der Waals surface area contributed by atoms with Crippen LogP contribution < -0.4 is 4.72 Å². The molecule has 4 fully saturated rings. The van der Waals surface area contributed by atoms with Gasteiger partial charge in [0.1, 0.15) is 6.04 Å². The van der Waals surface area contributed by atoms with E-state index < -0.39 is 40.0 Å². The standard InChI is InChI=1S/C25H30F2N4O3S/c1-4-35(33,34)30-21-20(31(14-25(21,26)27)23(32)24-11-18(12-24)13-24)10-17-6-5-7-19(9-17)22-28-15(2)8-16(3)29-22/h5-9,18,20-21,30H,4,10-14H2,1-3H3/t18?,20-,21+,24?/m0/s1. The normalized spacial score (nSPS) is 28.9. The highest BCUT2D eigenvalue weighted by Crippen LogP contribution is 2.65. The van der Waals surface area contributed by atoms with Crippen LogP contribution in [0.4, 0.5) is 8.78 Å². The van der Waals surface area contributed by atoms with Crippen molar-refractivity contribution in [2.75, 3.05) is 12.3 Å². The highest BCUT2D eigenvalue weighted by molar-refractivity contribution is 7.89. The Morgan fingerprint density at radius 2 is 1.80 bits per heavy atom. The topological polar surface area (TPSA) is 92.3 Å². The third-order valence-corrected chi connectivity index (χ3v) is 9.05. The molecule has 2 aromatic rings. The summed E-state index contributed by atoms with van der Waals surface area (Å²) in [6.07, 6.45) is 2.32. The van der Waals surface area contributed by atoms with Crippen LogP contribution in [0.5, 0.6) is 0 Å². The monoisotopic (exact) mass is 504 g/mol. The fourth-order valence-corrected chi connectivity index (χ4v) is 6.66. The van der Waals surface area contributed by atoms with Gasteiger partial charge in [-0.25, -0.2) is 31.9 Å². The van der Waals surface area contributed by atoms with E-state index in [1.807, 2.05) is 32.0 Å². The highest BCUT2D eigenvalue weighted by atomic mass is 32.2. The lowest BCUT2D eigenvalue weighted by Gasteiger charge is -2.61. The number of halogens is 2. The Bertz CT molecular complexity index is 1250. The fraction of sp³-hybridized carbons (Fsp3) is 0.560. The largest absolute Gasteiger partial charge is 0.331 e. The Morgan fingerprint density at radius 1 is 1.14 bits per heavy atom. The van der Waals surface area contributed by atoms with Gasteiger partial charge in [-0.15, -0.1) is 0 Å². The van der Waals surface area contributed by atoms with E-state index in [4.69, 9.17) is 0 Å². The number of likely N-dealkylation sites (tertiary alicyclic amines) is 1. The van der Waals surface area contributed by atoms with Crippen LogP contribution in [-0.2, 0) is 21.2 Å². The maximum atomic E-state index is 15.3. The number of carbonyl (C=O) groups is 1. The molecule has 1 aliphatic heterocycles. The van der Waals surface area contributed by atoms with Crippen molar-refractivity contribution in [2.24, 2.45) is 11.3 Å². The van der Waals surface area contributed by atoms with Gasteiger partial charge in [-0.1, -0.05) is 18.2 Å². The van der Waals surface area contributed by atoms with Crippen molar-refractivity contribution in [3.63, 3.8) is 0 Å². The molecule has 1 aromatic carbocycles. The molecule has 3 aliphatic carbocycles. The molecule has 1 N–H and O–H groups in total. The van der Waals surface area contributed by atoms with Crippen molar-refractivity contribution < 1.29 is 22.0 Å². The zero-order valence-corrected chi connectivity index (χ0v) is 20.9. The number of nitrogens with one attached hydrogen (secondary N) is 1. The molecule has 6 rings (SSSR count). The van der Waals surface area contributed by atoms with Crippen LogP contribution in [0.2, 0.25) is 0 Å². The number of aryl methyl sites for hydroxylation is 2. The van der Waals surface area contributed by atoms with Crippen LogP contribution in [0.25, 0.3) is 11.4 Å². The lowest BCUT2D eigenvalue weighted by atomic mass is 9.44. The molecule has 3 saturated carbocycles. The Kier molecular flexibility index (Phi) is 5.75. The molecule has 35 heavy (non-hydrogen) atoms. The Hall–Kier alpha value is -2.46. The number of benzene rings is 1. The molecule has 0 radical (unpaired) electrons. The number of sulfonamides is 1. The summed E-state index contributed by atoms with van der Waals surface area (Å²) in [7, 11) is -3.91. The van der Waals surface area contributed by atoms with Gasteiger partial charge in [-0.05, 0) is 70.1 Å². The smallest absolute Gasteiger partial charge is 0.283 e. The van der Waals surface area contributed by atoms with E-state index in [2.05, 4.69) is 14.7 Å². The molecular formula is C25H30F2N4O3S. The van der Waals surface area contributed by atoms with Crippen LogP contribution in [0, 0.1) is 25.2 Å². The first kappa shape index (κ1) is 24.2. The number of hydrogen-bond acceptors (Lipinski definition) is 5. The predicted molar refractivity (Wildman–Crippen MR) is 127 cm³/mol. The van der Waals surface area contributed by atoms with Crippen molar-refractivity contribution in [1.29, 1.82) is 0 Å². The third-order valence-electron chi connectivity index (χ3n) is 7.67. The summed E-state index contributed by atoms with van der Waals surface area (Å²) < 4.78 is 57.4. The Balaban J connectivity index is 1.49. The summed E-state index contributed by atoms with van der Waals surface area (Å²) >= 11 is 0. The number of alkyl halides is 2. The summed E-state index contributed by atoms with van der Waals surface area (Å²) in [5, 5.41) is 0. The summed E-state index contributed by atoms with van der Waals surface area (Å²) in [6, 6.07) is 6.47. The number of nitrogens with zero attached hydrogens (tertiary/aromatic N) is 3. The fourth-order valence-electron chi connectivity index (χ4n) is 5.78. The second-order valence-electron chi connectivity index (χ2n) is 10.4. The van der Waals surface area contributed by atoms with Crippen LogP contribution in [0.15, 0.2) is 30.3 Å². The summed E-state index contributed by atoms with van der Waals surface area (Å²) in [5.41, 5.74) is 2.55. The zero-order chi connectivity index (χ0) is 25.2. The molecule has 0 unspecified atom stereocenters. The van der Waals surface area contributed by atoms with Crippen molar-refractivity contribution in [3.05, 3.63) is 47.3 Å². The van der Waals surface area contributed by atoms with E-state index in [9.17, 15) is 13.2 Å². The second-order valence-corrected chi connectivity index (χ2v) is 12.4. The number of carbonyl (C=O) groups excluding carboxylic acids is 1. The minimum Gasteiger partial charge on any atom is -0.331 e. The van der Waals surface area contributed by atoms with E-state index in [0.717, 1.165) is 36.2 Å². The van der Waals surface area contributed by atoms with Gasteiger partial charge >= 0.3 is 0 Å². The molecule has 4 aliphatic rings. The van der Waals surface area contributed by atoms with Gasteiger partial charge in [0, 0.05) is 17.0 Å². The maximum Gasteiger partial charge on any atom is 0.283 e. The van der Waals surface area contributed by atoms with Gasteiger partial charge in [-0.3, -0.25) is 4.79 Å². The van der Waals surface area contributed by atoms with Gasteiger partial charge in [-0.2, -0.15) is 0 Å². The first-order valence-corrected chi connectivity index (χ1v) is 13.7. The van der Waals surface area contributed by atoms with E-state index in [0.29, 0.717) is 17.3 Å². The van der Waals surface area contributed by atoms with Crippen molar-refractivity contribution in [3.8, 4) is 11.4 Å². The second kappa shape index (κ2) is 8.30. The van der Waals surface area contributed by atoms with Gasteiger partial charge in [0.15, 0.2) is 5.82 Å². The average Bonchev–Trinajstić information content (AvgIpc) is 2.95. The molecule has 10 heteroatoms. The highest BCUT2D eigenvalue weighted by Gasteiger charge is 2.66. The van der Waals surface area contributed by atoms with Gasteiger partial charge in [0.25, 0.3) is 5.92 Å². The first-order valence-electron chi connectivity index (χ1n) is 12.0. The zero-order valence-electron chi connectivity index (χ0n) is 20.1. The van der Waals surface area contributed by atoms with Crippen LogP contribution in [-0.4, -0.2) is 59.5 Å². The molecule has 2 atom stereocenters. The molecule has 1 amide bonds. The van der Waals surface area contributed by atoms with E-state index in [-0.39, 0.29) is 18.1 Å². The Morgan fingerprint density at radius 3 is 2.37 bits per heavy atom. The molecule has 2 bridgehead atoms. The van der Waals surface area contributed by atoms with Crippen molar-refractivity contribution in [2.45, 2.75) is 64.5 Å². The minimum absolute atomic E-state index is 0.0936. The number of amides is 1. The maximum absolute atomic E-state index is 15.3. The third kappa shape index (κ3) is 4.35. The van der Waals surface area contributed by atoms with Crippen LogP contribution in [0.3, 0.4) is 0 Å². The van der Waals surface area contributed by atoms with Crippen LogP contribution in [0.1, 0.15) is 43.1 Å². The molecule has 7 nitrogen and oxygen atoms in total. The predicted octanol–water partition coefficient (Wildman–Crippen LogP) is 3.26. The summed E-state index contributed by atoms with van der Waals surface area (Å²) in [6.45, 7) is 4.38. The molecule has 0 spiro atoms. The van der Waals surface area contributed by atoms with Crippen molar-refractivity contribution >= 4 is 15.9 Å². The quantitative estimate of drug-likeness (QED) is 0.625. The lowest BCUT2D eigenvalue weighted by molar-refractivity contribution is -0.178. The molecule has 1 aromatic heterocycles. The van der Waals surface area contributed by atoms with Crippen molar-refractivity contribution in [1.82, 2.24) is 19.6 Å².